The normalized spacial score (nSPS) is 14.6. The molecule has 1 aliphatic heterocycles. The lowest BCUT2D eigenvalue weighted by Crippen LogP contribution is -2.43. The fourth-order valence-electron chi connectivity index (χ4n) is 3.37. The third kappa shape index (κ3) is 3.47. The first-order valence-corrected chi connectivity index (χ1v) is 9.36. The highest BCUT2D eigenvalue weighted by molar-refractivity contribution is 6.30. The van der Waals surface area contributed by atoms with Crippen LogP contribution in [-0.2, 0) is 24.8 Å². The molecule has 3 heterocycles. The average Bonchev–Trinajstić information content (AvgIpc) is 3.26. The zero-order valence-corrected chi connectivity index (χ0v) is 16.6. The van der Waals surface area contributed by atoms with Crippen LogP contribution in [0.15, 0.2) is 28.8 Å². The van der Waals surface area contributed by atoms with E-state index in [0.717, 1.165) is 11.3 Å². The summed E-state index contributed by atoms with van der Waals surface area (Å²) in [4.78, 5) is 19.0. The summed E-state index contributed by atoms with van der Waals surface area (Å²) >= 11 is 5.89. The minimum atomic E-state index is -0.617. The maximum Gasteiger partial charge on any atom is 0.278 e. The Morgan fingerprint density at radius 2 is 2.07 bits per heavy atom. The Balaban J connectivity index is 1.53. The average molecular weight is 402 g/mol. The zero-order chi connectivity index (χ0) is 19.8. The number of halogens is 1. The second kappa shape index (κ2) is 7.27. The summed E-state index contributed by atoms with van der Waals surface area (Å²) in [6.45, 7) is 4.53. The van der Waals surface area contributed by atoms with E-state index < -0.39 is 6.10 Å². The molecule has 0 spiro atoms. The molecule has 0 bridgehead atoms. The molecule has 0 radical (unpaired) electrons. The molecular weight excluding hydrogens is 382 g/mol. The molecule has 0 saturated carbocycles. The van der Waals surface area contributed by atoms with Crippen LogP contribution in [0.2, 0.25) is 5.02 Å². The van der Waals surface area contributed by atoms with E-state index in [1.54, 1.807) is 43.0 Å². The number of rotatable bonds is 4. The van der Waals surface area contributed by atoms with Crippen molar-refractivity contribution in [3.05, 3.63) is 46.4 Å². The van der Waals surface area contributed by atoms with Crippen molar-refractivity contribution in [2.24, 2.45) is 7.05 Å². The molecule has 3 aromatic rings. The number of nitrogens with zero attached hydrogens (tertiary/aromatic N) is 5. The van der Waals surface area contributed by atoms with E-state index in [1.165, 1.54) is 0 Å². The number of amides is 1. The maximum absolute atomic E-state index is 12.9. The van der Waals surface area contributed by atoms with Crippen LogP contribution >= 0.6 is 11.6 Å². The van der Waals surface area contributed by atoms with Gasteiger partial charge in [-0.05, 0) is 38.1 Å². The number of aromatic nitrogens is 4. The number of fused-ring (bicyclic) bond motifs is 1. The first-order valence-electron chi connectivity index (χ1n) is 8.99. The van der Waals surface area contributed by atoms with E-state index in [-0.39, 0.29) is 5.91 Å². The lowest BCUT2D eigenvalue weighted by Gasteiger charge is -2.29. The van der Waals surface area contributed by atoms with Crippen LogP contribution in [0, 0.1) is 6.92 Å². The predicted octanol–water partition coefficient (Wildman–Crippen LogP) is 2.78. The molecular formula is C19H20ClN5O3. The molecule has 1 aliphatic rings. The molecule has 1 amide bonds. The van der Waals surface area contributed by atoms with Gasteiger partial charge in [0.2, 0.25) is 0 Å². The molecule has 0 aliphatic carbocycles. The van der Waals surface area contributed by atoms with Gasteiger partial charge in [-0.15, -0.1) is 0 Å². The van der Waals surface area contributed by atoms with Gasteiger partial charge in [-0.3, -0.25) is 9.48 Å². The van der Waals surface area contributed by atoms with Gasteiger partial charge in [-0.2, -0.15) is 10.1 Å². The number of carbonyl (C=O) groups is 1. The third-order valence-corrected chi connectivity index (χ3v) is 5.01. The van der Waals surface area contributed by atoms with Crippen LogP contribution in [0.1, 0.15) is 24.0 Å². The van der Waals surface area contributed by atoms with Crippen molar-refractivity contribution in [1.82, 2.24) is 24.8 Å². The van der Waals surface area contributed by atoms with E-state index in [4.69, 9.17) is 20.9 Å². The van der Waals surface area contributed by atoms with Crippen molar-refractivity contribution in [1.29, 1.82) is 0 Å². The first kappa shape index (κ1) is 18.5. The molecule has 2 aromatic heterocycles. The van der Waals surface area contributed by atoms with Crippen molar-refractivity contribution in [3.8, 4) is 17.3 Å². The molecule has 0 N–H and O–H groups in total. The van der Waals surface area contributed by atoms with Gasteiger partial charge in [0, 0.05) is 42.8 Å². The minimum absolute atomic E-state index is 0.0860. The Kier molecular flexibility index (Phi) is 4.80. The predicted molar refractivity (Wildman–Crippen MR) is 102 cm³/mol. The Bertz CT molecular complexity index is 1010. The van der Waals surface area contributed by atoms with Gasteiger partial charge >= 0.3 is 0 Å². The van der Waals surface area contributed by atoms with Gasteiger partial charge in [-0.1, -0.05) is 16.8 Å². The van der Waals surface area contributed by atoms with E-state index in [9.17, 15) is 4.79 Å². The minimum Gasteiger partial charge on any atom is -0.481 e. The smallest absolute Gasteiger partial charge is 0.278 e. The summed E-state index contributed by atoms with van der Waals surface area (Å²) < 4.78 is 12.9. The van der Waals surface area contributed by atoms with Crippen LogP contribution in [0.5, 0.6) is 5.75 Å². The quantitative estimate of drug-likeness (QED) is 0.668. The highest BCUT2D eigenvalue weighted by Crippen LogP contribution is 2.29. The molecule has 0 saturated heterocycles. The highest BCUT2D eigenvalue weighted by atomic mass is 35.5. The molecule has 4 rings (SSSR count). The van der Waals surface area contributed by atoms with Crippen molar-refractivity contribution >= 4 is 17.5 Å². The van der Waals surface area contributed by atoms with Gasteiger partial charge in [0.1, 0.15) is 5.75 Å². The van der Waals surface area contributed by atoms with Crippen LogP contribution in [0.4, 0.5) is 0 Å². The lowest BCUT2D eigenvalue weighted by molar-refractivity contribution is -0.138. The number of ether oxygens (including phenoxy) is 1. The molecule has 9 heteroatoms. The van der Waals surface area contributed by atoms with Crippen LogP contribution in [0.25, 0.3) is 11.6 Å². The second-order valence-electron chi connectivity index (χ2n) is 6.77. The summed E-state index contributed by atoms with van der Waals surface area (Å²) in [6, 6.07) is 6.96. The second-order valence-corrected chi connectivity index (χ2v) is 7.20. The maximum atomic E-state index is 12.9. The summed E-state index contributed by atoms with van der Waals surface area (Å²) in [5.74, 6) is 1.43. The fraction of sp³-hybridized carbons (Fsp3) is 0.368. The SMILES string of the molecule is Cc1noc(-c2nn(C)c3c2CN(C(=O)[C@H](C)Oc2ccc(Cl)cc2)CC3)n1. The van der Waals surface area contributed by atoms with Crippen LogP contribution < -0.4 is 4.74 Å². The monoisotopic (exact) mass is 401 g/mol. The largest absolute Gasteiger partial charge is 0.481 e. The van der Waals surface area contributed by atoms with Gasteiger partial charge < -0.3 is 14.2 Å². The van der Waals surface area contributed by atoms with Crippen molar-refractivity contribution in [2.45, 2.75) is 32.9 Å². The van der Waals surface area contributed by atoms with Crippen molar-refractivity contribution in [2.75, 3.05) is 6.54 Å². The highest BCUT2D eigenvalue weighted by Gasteiger charge is 2.31. The first-order chi connectivity index (χ1) is 13.4. The standard InChI is InChI=1S/C19H20ClN5O3/c1-11(27-14-6-4-13(20)5-7-14)19(26)25-9-8-16-15(10-25)17(22-24(16)3)18-21-12(2)23-28-18/h4-7,11H,8-10H2,1-3H3/t11-/m0/s1. The van der Waals surface area contributed by atoms with Crippen LogP contribution in [-0.4, -0.2) is 43.4 Å². The molecule has 146 valence electrons. The van der Waals surface area contributed by atoms with Gasteiger partial charge in [0.25, 0.3) is 11.8 Å². The number of hydrogen-bond acceptors (Lipinski definition) is 6. The number of hydrogen-bond donors (Lipinski definition) is 0. The van der Waals surface area contributed by atoms with E-state index in [0.29, 0.717) is 47.7 Å². The summed E-state index contributed by atoms with van der Waals surface area (Å²) in [7, 11) is 1.88. The zero-order valence-electron chi connectivity index (χ0n) is 15.8. The Morgan fingerprint density at radius 3 is 2.75 bits per heavy atom. The topological polar surface area (TPSA) is 86.3 Å². The Hall–Kier alpha value is -2.87. The van der Waals surface area contributed by atoms with E-state index >= 15 is 0 Å². The van der Waals surface area contributed by atoms with Crippen molar-refractivity contribution in [3.63, 3.8) is 0 Å². The van der Waals surface area contributed by atoms with E-state index in [1.807, 2.05) is 11.7 Å². The lowest BCUT2D eigenvalue weighted by atomic mass is 10.0. The molecule has 0 fully saturated rings. The Morgan fingerprint density at radius 1 is 1.32 bits per heavy atom. The molecule has 1 aromatic carbocycles. The van der Waals surface area contributed by atoms with Gasteiger partial charge in [0.15, 0.2) is 17.6 Å². The number of carbonyl (C=O) groups excluding carboxylic acids is 1. The molecule has 8 nitrogen and oxygen atoms in total. The van der Waals surface area contributed by atoms with Gasteiger partial charge in [0.05, 0.1) is 0 Å². The Labute approximate surface area is 167 Å². The van der Waals surface area contributed by atoms with E-state index in [2.05, 4.69) is 15.2 Å². The third-order valence-electron chi connectivity index (χ3n) is 4.76. The number of benzene rings is 1. The summed E-state index contributed by atoms with van der Waals surface area (Å²) in [5.41, 5.74) is 2.63. The van der Waals surface area contributed by atoms with Gasteiger partial charge in [-0.25, -0.2) is 0 Å². The number of aryl methyl sites for hydroxylation is 2. The molecule has 1 atom stereocenters. The van der Waals surface area contributed by atoms with Crippen LogP contribution in [0.3, 0.4) is 0 Å². The fourth-order valence-corrected chi connectivity index (χ4v) is 3.50. The molecule has 0 unspecified atom stereocenters. The molecule has 28 heavy (non-hydrogen) atoms. The summed E-state index contributed by atoms with van der Waals surface area (Å²) in [6.07, 6.45) is 0.0826. The van der Waals surface area contributed by atoms with Crippen molar-refractivity contribution < 1.29 is 14.1 Å². The summed E-state index contributed by atoms with van der Waals surface area (Å²) in [5, 5.41) is 8.99.